The smallest absolute Gasteiger partial charge is 0.0213 e. The molecule has 0 fully saturated rings. The summed E-state index contributed by atoms with van der Waals surface area (Å²) < 4.78 is 0. The Bertz CT molecular complexity index is 838. The predicted octanol–water partition coefficient (Wildman–Crippen LogP) is 6.33. The third-order valence-electron chi connectivity index (χ3n) is 4.79. The van der Waals surface area contributed by atoms with Gasteiger partial charge in [-0.2, -0.15) is 0 Å². The number of benzene rings is 2. The summed E-state index contributed by atoms with van der Waals surface area (Å²) in [6.45, 7) is 11.3. The first-order chi connectivity index (χ1) is 11.9. The standard InChI is InChI=1S/C22H21.C2H7Si.Zr/c1-22(2,3)19-10-8-16(14-19)15-9-11-21-18(12-15)13-17-6-4-5-7-20(17)21;1-3-2;/h4-7,9-11,14H,8,13H2,1-3H3;3H,1-2H3;/q-1;;. The predicted molar refractivity (Wildman–Crippen MR) is 113 cm³/mol. The van der Waals surface area contributed by atoms with Crippen LogP contribution in [0.2, 0.25) is 13.1 Å². The van der Waals surface area contributed by atoms with Crippen LogP contribution in [0.25, 0.3) is 16.7 Å². The number of allylic oxidation sites excluding steroid dienone is 4. The monoisotopic (exact) mass is 434 g/mol. The van der Waals surface area contributed by atoms with Gasteiger partial charge >= 0.3 is 0 Å². The zero-order valence-electron chi connectivity index (χ0n) is 16.6. The minimum absolute atomic E-state index is 0. The summed E-state index contributed by atoms with van der Waals surface area (Å²) in [7, 11) is 0.750. The quantitative estimate of drug-likeness (QED) is 0.309. The van der Waals surface area contributed by atoms with Crippen LogP contribution in [-0.2, 0) is 32.6 Å². The van der Waals surface area contributed by atoms with E-state index in [1.165, 1.54) is 39.0 Å². The fraction of sp³-hybridized carbons (Fsp3) is 0.333. The number of fused-ring (bicyclic) bond motifs is 3. The van der Waals surface area contributed by atoms with E-state index < -0.39 is 0 Å². The van der Waals surface area contributed by atoms with Crippen molar-refractivity contribution >= 4 is 15.1 Å². The molecule has 2 heteroatoms. The Hall–Kier alpha value is -0.980. The zero-order valence-corrected chi connectivity index (χ0v) is 20.2. The van der Waals surface area contributed by atoms with Crippen LogP contribution in [0.15, 0.2) is 54.1 Å². The fourth-order valence-corrected chi connectivity index (χ4v) is 3.48. The zero-order chi connectivity index (χ0) is 18.0. The first-order valence-corrected chi connectivity index (χ1v) is 11.5. The van der Waals surface area contributed by atoms with Gasteiger partial charge < -0.3 is 0 Å². The molecule has 0 aromatic heterocycles. The summed E-state index contributed by atoms with van der Waals surface area (Å²) in [6.07, 6.45) is 6.78. The van der Waals surface area contributed by atoms with Crippen LogP contribution in [0.5, 0.6) is 0 Å². The summed E-state index contributed by atoms with van der Waals surface area (Å²) in [5, 5.41) is 0. The molecule has 0 aliphatic heterocycles. The molecule has 0 bridgehead atoms. The van der Waals surface area contributed by atoms with Gasteiger partial charge in [0.2, 0.25) is 0 Å². The van der Waals surface area contributed by atoms with Crippen molar-refractivity contribution in [1.82, 2.24) is 0 Å². The molecule has 0 unspecified atom stereocenters. The van der Waals surface area contributed by atoms with Crippen LogP contribution < -0.4 is 0 Å². The van der Waals surface area contributed by atoms with E-state index in [0.717, 1.165) is 22.4 Å². The molecule has 26 heavy (non-hydrogen) atoms. The Morgan fingerprint density at radius 2 is 1.65 bits per heavy atom. The van der Waals surface area contributed by atoms with Crippen LogP contribution in [0.1, 0.15) is 43.9 Å². The maximum atomic E-state index is 3.68. The number of hydrogen-bond acceptors (Lipinski definition) is 0. The maximum absolute atomic E-state index is 3.68. The van der Waals surface area contributed by atoms with E-state index in [-0.39, 0.29) is 31.6 Å². The summed E-state index contributed by atoms with van der Waals surface area (Å²) in [5.74, 6) is 0. The van der Waals surface area contributed by atoms with Gasteiger partial charge in [-0.05, 0) is 23.8 Å². The number of rotatable bonds is 1. The van der Waals surface area contributed by atoms with Gasteiger partial charge in [-0.15, -0.1) is 34.9 Å². The Balaban J connectivity index is 0.000000570. The molecular formula is C24H28SiZr-. The van der Waals surface area contributed by atoms with E-state index in [9.17, 15) is 0 Å². The molecule has 0 saturated carbocycles. The van der Waals surface area contributed by atoms with Crippen LogP contribution in [-0.4, -0.2) is 9.52 Å². The third-order valence-corrected chi connectivity index (χ3v) is 4.79. The third kappa shape index (κ3) is 4.46. The second kappa shape index (κ2) is 8.81. The first-order valence-electron chi connectivity index (χ1n) is 9.23. The van der Waals surface area contributed by atoms with Gasteiger partial charge in [0.1, 0.15) is 0 Å². The minimum Gasteiger partial charge on any atom is -0.147 e. The van der Waals surface area contributed by atoms with Crippen molar-refractivity contribution in [2.45, 2.75) is 46.7 Å². The molecule has 0 amide bonds. The van der Waals surface area contributed by atoms with E-state index >= 15 is 0 Å². The van der Waals surface area contributed by atoms with Crippen LogP contribution in [0, 0.1) is 11.5 Å². The van der Waals surface area contributed by atoms with E-state index in [1.54, 1.807) is 0 Å². The molecule has 0 atom stereocenters. The van der Waals surface area contributed by atoms with Crippen molar-refractivity contribution in [2.75, 3.05) is 0 Å². The maximum Gasteiger partial charge on any atom is 0.0213 e. The van der Waals surface area contributed by atoms with Gasteiger partial charge in [0.15, 0.2) is 0 Å². The Morgan fingerprint density at radius 3 is 2.31 bits per heavy atom. The molecule has 2 aliphatic rings. The van der Waals surface area contributed by atoms with Gasteiger partial charge in [0.05, 0.1) is 0 Å². The Labute approximate surface area is 180 Å². The van der Waals surface area contributed by atoms with Gasteiger partial charge in [-0.3, -0.25) is 0 Å². The molecular weight excluding hydrogens is 408 g/mol. The summed E-state index contributed by atoms with van der Waals surface area (Å²) in [4.78, 5) is 0. The van der Waals surface area contributed by atoms with Crippen LogP contribution >= 0.6 is 0 Å². The molecule has 2 aliphatic carbocycles. The van der Waals surface area contributed by atoms with Crippen molar-refractivity contribution in [2.24, 2.45) is 5.41 Å². The molecule has 0 saturated heterocycles. The van der Waals surface area contributed by atoms with Crippen molar-refractivity contribution in [3.63, 3.8) is 0 Å². The molecule has 4 rings (SSSR count). The second-order valence-corrected chi connectivity index (χ2v) is 9.11. The molecule has 0 N–H and O–H groups in total. The first kappa shape index (κ1) is 21.3. The molecule has 1 radical (unpaired) electrons. The SMILES string of the molecule is CC(C)(C)C1=CCC(c2[c-]c3c(cc2)-c2ccccc2C3)=C1.C[SiH]C.[Zr]. The minimum atomic E-state index is 0. The molecule has 2 aromatic carbocycles. The Kier molecular flexibility index (Phi) is 7.22. The van der Waals surface area contributed by atoms with Crippen molar-refractivity contribution < 1.29 is 26.2 Å². The number of hydrogen-bond donors (Lipinski definition) is 0. The van der Waals surface area contributed by atoms with E-state index in [1.807, 2.05) is 0 Å². The molecule has 0 spiro atoms. The second-order valence-electron chi connectivity index (χ2n) is 7.96. The van der Waals surface area contributed by atoms with Crippen LogP contribution in [0.4, 0.5) is 0 Å². The van der Waals surface area contributed by atoms with E-state index in [2.05, 4.69) is 88.5 Å². The summed E-state index contributed by atoms with van der Waals surface area (Å²) in [6, 6.07) is 16.9. The Morgan fingerprint density at radius 1 is 0.962 bits per heavy atom. The average molecular weight is 436 g/mol. The topological polar surface area (TPSA) is 0 Å². The molecule has 0 nitrogen and oxygen atoms in total. The largest absolute Gasteiger partial charge is 0.147 e. The van der Waals surface area contributed by atoms with Crippen molar-refractivity contribution in [3.8, 4) is 11.1 Å². The van der Waals surface area contributed by atoms with Gasteiger partial charge in [-0.1, -0.05) is 87.0 Å². The molecule has 2 aromatic rings. The average Bonchev–Trinajstić information content (AvgIpc) is 3.19. The van der Waals surface area contributed by atoms with Gasteiger partial charge in [0.25, 0.3) is 0 Å². The van der Waals surface area contributed by atoms with Gasteiger partial charge in [-0.25, -0.2) is 0 Å². The summed E-state index contributed by atoms with van der Waals surface area (Å²) >= 11 is 0. The fourth-order valence-electron chi connectivity index (χ4n) is 3.48. The van der Waals surface area contributed by atoms with Crippen molar-refractivity contribution in [1.29, 1.82) is 0 Å². The summed E-state index contributed by atoms with van der Waals surface area (Å²) in [5.41, 5.74) is 9.87. The molecule has 0 heterocycles. The van der Waals surface area contributed by atoms with Crippen LogP contribution in [0.3, 0.4) is 0 Å². The molecule has 133 valence electrons. The normalized spacial score (nSPS) is 14.3. The van der Waals surface area contributed by atoms with Gasteiger partial charge in [0, 0.05) is 35.7 Å². The van der Waals surface area contributed by atoms with E-state index in [0.29, 0.717) is 0 Å². The van der Waals surface area contributed by atoms with Crippen molar-refractivity contribution in [3.05, 3.63) is 76.9 Å². The van der Waals surface area contributed by atoms with E-state index in [4.69, 9.17) is 0 Å².